The quantitative estimate of drug-likeness (QED) is 0.608. The van der Waals surface area contributed by atoms with Gasteiger partial charge in [0.25, 0.3) is 5.91 Å². The molecule has 2 amide bonds. The maximum Gasteiger partial charge on any atom is 0.307 e. The summed E-state index contributed by atoms with van der Waals surface area (Å²) in [6, 6.07) is 9.24. The Balaban J connectivity index is 1.43. The van der Waals surface area contributed by atoms with Gasteiger partial charge in [-0.1, -0.05) is 30.4 Å². The molecule has 2 aromatic rings. The number of benzene rings is 1. The van der Waals surface area contributed by atoms with Crippen molar-refractivity contribution < 1.29 is 19.5 Å². The van der Waals surface area contributed by atoms with Crippen molar-refractivity contribution in [3.8, 4) is 0 Å². The Bertz CT molecular complexity index is 1070. The van der Waals surface area contributed by atoms with E-state index in [0.29, 0.717) is 16.3 Å². The van der Waals surface area contributed by atoms with Crippen LogP contribution in [0.5, 0.6) is 0 Å². The van der Waals surface area contributed by atoms with Crippen molar-refractivity contribution in [1.29, 1.82) is 0 Å². The third-order valence-corrected chi connectivity index (χ3v) is 7.96. The second-order valence-electron chi connectivity index (χ2n) is 8.55. The smallest absolute Gasteiger partial charge is 0.307 e. The molecule has 1 aromatic carbocycles. The van der Waals surface area contributed by atoms with Gasteiger partial charge in [0.2, 0.25) is 5.91 Å². The predicted octanol–water partition coefficient (Wildman–Crippen LogP) is 4.34. The van der Waals surface area contributed by atoms with Crippen LogP contribution in [0.15, 0.2) is 42.5 Å². The number of hydrogen-bond acceptors (Lipinski definition) is 4. The van der Waals surface area contributed by atoms with Gasteiger partial charge < -0.3 is 15.7 Å². The average molecular weight is 437 g/mol. The van der Waals surface area contributed by atoms with Crippen molar-refractivity contribution in [3.63, 3.8) is 0 Å². The Kier molecular flexibility index (Phi) is 5.14. The molecule has 1 aromatic heterocycles. The van der Waals surface area contributed by atoms with Crippen LogP contribution in [0.2, 0.25) is 0 Å². The average Bonchev–Trinajstić information content (AvgIpc) is 3.35. The molecule has 4 aliphatic carbocycles. The molecule has 0 radical (unpaired) electrons. The molecular formula is C24H24N2O4S. The molecule has 2 bridgehead atoms. The number of amides is 2. The van der Waals surface area contributed by atoms with E-state index in [1.54, 1.807) is 0 Å². The van der Waals surface area contributed by atoms with E-state index in [4.69, 9.17) is 0 Å². The number of fused-ring (bicyclic) bond motifs is 3. The van der Waals surface area contributed by atoms with Gasteiger partial charge >= 0.3 is 5.97 Å². The number of aryl methyl sites for hydroxylation is 1. The van der Waals surface area contributed by atoms with Gasteiger partial charge in [0.05, 0.1) is 17.4 Å². The van der Waals surface area contributed by atoms with E-state index in [-0.39, 0.29) is 23.7 Å². The molecule has 4 atom stereocenters. The number of carboxylic acids is 1. The van der Waals surface area contributed by atoms with Crippen molar-refractivity contribution in [2.45, 2.75) is 32.1 Å². The summed E-state index contributed by atoms with van der Waals surface area (Å²) in [6.07, 6.45) is 8.29. The minimum absolute atomic E-state index is 0.0699. The highest BCUT2D eigenvalue weighted by atomic mass is 32.1. The zero-order chi connectivity index (χ0) is 21.5. The van der Waals surface area contributed by atoms with Crippen LogP contribution in [0.4, 0.5) is 10.7 Å². The van der Waals surface area contributed by atoms with Gasteiger partial charge in [-0.15, -0.1) is 11.3 Å². The first-order valence-electron chi connectivity index (χ1n) is 10.8. The summed E-state index contributed by atoms with van der Waals surface area (Å²) >= 11 is 1.45. The number of rotatable bonds is 5. The van der Waals surface area contributed by atoms with E-state index in [1.807, 2.05) is 42.5 Å². The van der Waals surface area contributed by atoms with Crippen LogP contribution in [-0.4, -0.2) is 22.9 Å². The number of anilines is 2. The third kappa shape index (κ3) is 3.57. The lowest BCUT2D eigenvalue weighted by Crippen LogP contribution is -2.47. The van der Waals surface area contributed by atoms with E-state index in [2.05, 4.69) is 10.6 Å². The Hall–Kier alpha value is -2.93. The summed E-state index contributed by atoms with van der Waals surface area (Å²) < 4.78 is 0. The molecule has 31 heavy (non-hydrogen) atoms. The molecule has 1 fully saturated rings. The lowest BCUT2D eigenvalue weighted by molar-refractivity contribution is -0.151. The zero-order valence-corrected chi connectivity index (χ0v) is 17.8. The largest absolute Gasteiger partial charge is 0.481 e. The molecule has 0 aliphatic heterocycles. The van der Waals surface area contributed by atoms with E-state index in [0.717, 1.165) is 42.5 Å². The summed E-state index contributed by atoms with van der Waals surface area (Å²) in [7, 11) is 0. The topological polar surface area (TPSA) is 95.5 Å². The number of allylic oxidation sites excluding steroid dienone is 2. The van der Waals surface area contributed by atoms with Gasteiger partial charge in [0.15, 0.2) is 0 Å². The second kappa shape index (κ2) is 7.96. The fraction of sp³-hybridized carbons (Fsp3) is 0.375. The SMILES string of the molecule is O=C(Nc1ccccc1)c1c(NC(=O)[C@@H]2[C@@H](C(=O)O)[C@H]3C=C[C@@H]2CC3)sc2c1CCC2. The molecule has 4 aliphatic rings. The van der Waals surface area contributed by atoms with E-state index >= 15 is 0 Å². The van der Waals surface area contributed by atoms with Gasteiger partial charge in [-0.05, 0) is 61.6 Å². The standard InChI is InChI=1S/C24H24N2O4S/c27-21(18-13-9-11-14(12-10-13)19(18)24(29)30)26-23-20(16-7-4-8-17(16)31-23)22(28)25-15-5-2-1-3-6-15/h1-3,5-6,9,11,13-14,18-19H,4,7-8,10,12H2,(H,25,28)(H,26,27)(H,29,30)/t13-,14+,18+,19+/m1/s1. The molecule has 1 saturated carbocycles. The van der Waals surface area contributed by atoms with E-state index < -0.39 is 17.8 Å². The number of thiophene rings is 1. The molecular weight excluding hydrogens is 412 g/mol. The normalized spacial score (nSPS) is 25.8. The molecule has 6 nitrogen and oxygen atoms in total. The highest BCUT2D eigenvalue weighted by Gasteiger charge is 2.48. The van der Waals surface area contributed by atoms with Gasteiger partial charge in [0.1, 0.15) is 5.00 Å². The molecule has 160 valence electrons. The van der Waals surface area contributed by atoms with Crippen LogP contribution in [0.25, 0.3) is 0 Å². The van der Waals surface area contributed by atoms with E-state index in [1.165, 1.54) is 11.3 Å². The number of para-hydroxylation sites is 1. The minimum atomic E-state index is -0.921. The first kappa shape index (κ1) is 20.0. The molecule has 1 heterocycles. The summed E-state index contributed by atoms with van der Waals surface area (Å²) in [5.41, 5.74) is 2.23. The monoisotopic (exact) mass is 436 g/mol. The molecule has 3 N–H and O–H groups in total. The van der Waals surface area contributed by atoms with Crippen LogP contribution >= 0.6 is 11.3 Å². The van der Waals surface area contributed by atoms with Crippen molar-refractivity contribution in [3.05, 3.63) is 58.5 Å². The number of carboxylic acid groups (broad SMARTS) is 1. The first-order valence-corrected chi connectivity index (χ1v) is 11.6. The Morgan fingerprint density at radius 2 is 1.65 bits per heavy atom. The van der Waals surface area contributed by atoms with Gasteiger partial charge in [-0.25, -0.2) is 0 Å². The number of carbonyl (C=O) groups excluding carboxylic acids is 2. The van der Waals surface area contributed by atoms with Crippen LogP contribution in [0.3, 0.4) is 0 Å². The predicted molar refractivity (Wildman–Crippen MR) is 119 cm³/mol. The van der Waals surface area contributed by atoms with Crippen molar-refractivity contribution >= 4 is 39.8 Å². The lowest BCUT2D eigenvalue weighted by Gasteiger charge is -2.41. The molecule has 0 saturated heterocycles. The Morgan fingerprint density at radius 1 is 0.935 bits per heavy atom. The maximum atomic E-state index is 13.3. The fourth-order valence-corrected chi connectivity index (χ4v) is 6.62. The number of aliphatic carboxylic acids is 1. The first-order chi connectivity index (χ1) is 15.0. The second-order valence-corrected chi connectivity index (χ2v) is 9.66. The minimum Gasteiger partial charge on any atom is -0.481 e. The fourth-order valence-electron chi connectivity index (χ4n) is 5.33. The third-order valence-electron chi connectivity index (χ3n) is 6.75. The van der Waals surface area contributed by atoms with Crippen molar-refractivity contribution in [2.75, 3.05) is 10.6 Å². The van der Waals surface area contributed by atoms with Crippen LogP contribution in [0.1, 0.15) is 40.1 Å². The highest BCUT2D eigenvalue weighted by Crippen LogP contribution is 2.46. The highest BCUT2D eigenvalue weighted by molar-refractivity contribution is 7.17. The number of nitrogens with one attached hydrogen (secondary N) is 2. The molecule has 6 rings (SSSR count). The van der Waals surface area contributed by atoms with Gasteiger partial charge in [-0.2, -0.15) is 0 Å². The van der Waals surface area contributed by atoms with Crippen molar-refractivity contribution in [2.24, 2.45) is 23.7 Å². The Morgan fingerprint density at radius 3 is 2.32 bits per heavy atom. The summed E-state index contributed by atoms with van der Waals surface area (Å²) in [5, 5.41) is 16.2. The summed E-state index contributed by atoms with van der Waals surface area (Å²) in [5.74, 6) is -2.94. The molecule has 7 heteroatoms. The lowest BCUT2D eigenvalue weighted by atomic mass is 9.62. The van der Waals surface area contributed by atoms with Gasteiger partial charge in [0, 0.05) is 10.6 Å². The number of carbonyl (C=O) groups is 3. The van der Waals surface area contributed by atoms with Crippen LogP contribution < -0.4 is 10.6 Å². The zero-order valence-electron chi connectivity index (χ0n) is 17.0. The van der Waals surface area contributed by atoms with Crippen molar-refractivity contribution in [1.82, 2.24) is 0 Å². The number of hydrogen-bond donors (Lipinski definition) is 3. The maximum absolute atomic E-state index is 13.3. The van der Waals surface area contributed by atoms with Gasteiger partial charge in [-0.3, -0.25) is 14.4 Å². The summed E-state index contributed by atoms with van der Waals surface area (Å²) in [4.78, 5) is 39.5. The molecule has 0 unspecified atom stereocenters. The van der Waals surface area contributed by atoms with Crippen LogP contribution in [0, 0.1) is 23.7 Å². The summed E-state index contributed by atoms with van der Waals surface area (Å²) in [6.45, 7) is 0. The Labute approximate surface area is 184 Å². The van der Waals surface area contributed by atoms with E-state index in [9.17, 15) is 19.5 Å². The van der Waals surface area contributed by atoms with Crippen LogP contribution in [-0.2, 0) is 22.4 Å². The molecule has 0 spiro atoms.